The topological polar surface area (TPSA) is 104 Å². The van der Waals surface area contributed by atoms with Crippen LogP contribution in [0.2, 0.25) is 0 Å². The fourth-order valence-electron chi connectivity index (χ4n) is 2.27. The third-order valence-electron chi connectivity index (χ3n) is 3.46. The Balaban J connectivity index is -0.000000534. The van der Waals surface area contributed by atoms with Gasteiger partial charge in [-0.25, -0.2) is 4.57 Å². The molecular weight excluding hydrogens is 344 g/mol. The number of rotatable bonds is 13. The van der Waals surface area contributed by atoms with Crippen LogP contribution in [-0.2, 0) is 4.57 Å². The number of nitrogens with two attached hydrogens (primary N) is 1. The first-order chi connectivity index (χ1) is 11.3. The molecule has 0 aromatic rings. The smallest absolute Gasteiger partial charge is 0.333 e. The van der Waals surface area contributed by atoms with Crippen LogP contribution < -0.4 is 5.73 Å². The normalized spacial score (nSPS) is 10.7. The van der Waals surface area contributed by atoms with Crippen LogP contribution >= 0.6 is 15.7 Å². The third kappa shape index (κ3) is 49.5. The summed E-state index contributed by atoms with van der Waals surface area (Å²) < 4.78 is 8.88. The molecule has 5 nitrogen and oxygen atoms in total. The summed E-state index contributed by atoms with van der Waals surface area (Å²) in [7, 11) is -2.78. The number of hydrogen-bond donors (Lipinski definition) is 4. The van der Waals surface area contributed by atoms with Gasteiger partial charge in [-0.3, -0.25) is 0 Å². The maximum Gasteiger partial charge on any atom is 0.466 e. The summed E-state index contributed by atoms with van der Waals surface area (Å²) in [5.41, 5.74) is 4.50. The van der Waals surface area contributed by atoms with Crippen molar-refractivity contribution in [3.63, 3.8) is 0 Å². The van der Waals surface area contributed by atoms with E-state index in [9.17, 15) is 0 Å². The van der Waals surface area contributed by atoms with Crippen molar-refractivity contribution in [1.29, 1.82) is 0 Å². The predicted molar refractivity (Wildman–Crippen MR) is 109 cm³/mol. The molecule has 0 radical (unpaired) electrons. The second kappa shape index (κ2) is 23.5. The molecule has 150 valence electrons. The average Bonchev–Trinajstić information content (AvgIpc) is 2.48. The number of hydrogen-bond acceptors (Lipinski definition) is 2. The first-order valence-corrected chi connectivity index (χ1v) is 13.3. The molecule has 0 amide bonds. The fourth-order valence-corrected chi connectivity index (χ4v) is 3.13. The lowest BCUT2D eigenvalue weighted by Gasteiger charge is -2.05. The van der Waals surface area contributed by atoms with Crippen molar-refractivity contribution in [2.24, 2.45) is 5.73 Å². The summed E-state index contributed by atoms with van der Waals surface area (Å²) in [6.45, 7) is 7.09. The summed E-state index contributed by atoms with van der Waals surface area (Å²) in [5.74, 6) is 0. The molecule has 0 saturated carbocycles. The van der Waals surface area contributed by atoms with Gasteiger partial charge >= 0.3 is 7.82 Å². The molecule has 0 fully saturated rings. The zero-order valence-corrected chi connectivity index (χ0v) is 18.2. The van der Waals surface area contributed by atoms with Crippen molar-refractivity contribution >= 4 is 15.7 Å². The van der Waals surface area contributed by atoms with E-state index in [1.165, 1.54) is 90.3 Å². The van der Waals surface area contributed by atoms with Gasteiger partial charge < -0.3 is 20.4 Å². The van der Waals surface area contributed by atoms with Gasteiger partial charge in [0.25, 0.3) is 0 Å². The Hall–Kier alpha value is 0.500. The average molecular weight is 387 g/mol. The van der Waals surface area contributed by atoms with E-state index in [1.807, 2.05) is 0 Å². The monoisotopic (exact) mass is 387 g/mol. The molecule has 0 unspecified atom stereocenters. The van der Waals surface area contributed by atoms with Crippen LogP contribution in [0, 0.1) is 0 Å². The van der Waals surface area contributed by atoms with E-state index < -0.39 is 7.82 Å². The lowest BCUT2D eigenvalue weighted by Crippen LogP contribution is -1.85. The highest BCUT2D eigenvalue weighted by atomic mass is 31.2. The summed E-state index contributed by atoms with van der Waals surface area (Å²) >= 11 is 0. The molecule has 0 heterocycles. The summed E-state index contributed by atoms with van der Waals surface area (Å²) in [5, 5.41) is 0. The van der Waals surface area contributed by atoms with Crippen LogP contribution in [0.5, 0.6) is 0 Å². The van der Waals surface area contributed by atoms with E-state index in [2.05, 4.69) is 26.0 Å². The summed E-state index contributed by atoms with van der Waals surface area (Å²) in [6, 6.07) is 0. The number of phosphoric acid groups is 1. The minimum Gasteiger partial charge on any atom is -0.333 e. The first-order valence-electron chi connectivity index (χ1n) is 9.28. The molecule has 0 rings (SSSR count). The molecule has 0 aromatic carbocycles. The standard InChI is InChI=1S/C16H35P.CH5N.H3O4P/c1-4-5-6-7-8-9-10-11-12-13-14-15-16-17(2)3;1-2;1-5(2,3)4/h4-16H2,1-3H3;2H2,1H3;(H3,1,2,3,4). The molecule has 0 aromatic heterocycles. The quantitative estimate of drug-likeness (QED) is 0.261. The maximum absolute atomic E-state index is 8.88. The zero-order valence-electron chi connectivity index (χ0n) is 16.4. The van der Waals surface area contributed by atoms with Crippen molar-refractivity contribution in [3.8, 4) is 0 Å². The highest BCUT2D eigenvalue weighted by molar-refractivity contribution is 7.55. The highest BCUT2D eigenvalue weighted by Crippen LogP contribution is 2.26. The van der Waals surface area contributed by atoms with E-state index in [-0.39, 0.29) is 0 Å². The van der Waals surface area contributed by atoms with Crippen LogP contribution in [0.1, 0.15) is 84.0 Å². The Bertz CT molecular complexity index is 253. The Morgan fingerprint density at radius 1 is 0.708 bits per heavy atom. The van der Waals surface area contributed by atoms with Crippen molar-refractivity contribution in [3.05, 3.63) is 0 Å². The van der Waals surface area contributed by atoms with Crippen LogP contribution in [0.3, 0.4) is 0 Å². The molecule has 5 N–H and O–H groups in total. The molecule has 7 heteroatoms. The lowest BCUT2D eigenvalue weighted by molar-refractivity contribution is 0.275. The minimum absolute atomic E-state index is 0.362. The van der Waals surface area contributed by atoms with E-state index in [4.69, 9.17) is 19.2 Å². The fraction of sp³-hybridized carbons (Fsp3) is 1.00. The second-order valence-electron chi connectivity index (χ2n) is 6.21. The third-order valence-corrected chi connectivity index (χ3v) is 4.67. The summed E-state index contributed by atoms with van der Waals surface area (Å²) in [6.07, 6.45) is 19.1. The minimum atomic E-state index is -4.64. The van der Waals surface area contributed by atoms with Crippen LogP contribution in [0.4, 0.5) is 0 Å². The van der Waals surface area contributed by atoms with Crippen molar-refractivity contribution in [1.82, 2.24) is 0 Å². The van der Waals surface area contributed by atoms with Gasteiger partial charge in [0, 0.05) is 0 Å². The van der Waals surface area contributed by atoms with E-state index in [1.54, 1.807) is 0 Å². The Morgan fingerprint density at radius 2 is 0.958 bits per heavy atom. The molecule has 0 bridgehead atoms. The second-order valence-corrected chi connectivity index (χ2v) is 9.84. The maximum atomic E-state index is 8.88. The molecule has 0 aliphatic rings. The van der Waals surface area contributed by atoms with Gasteiger partial charge in [-0.05, 0) is 33.0 Å². The van der Waals surface area contributed by atoms with E-state index in [0.717, 1.165) is 0 Å². The molecular formula is C17H43NO4P2. The van der Waals surface area contributed by atoms with Gasteiger partial charge in [0.1, 0.15) is 0 Å². The summed E-state index contributed by atoms with van der Waals surface area (Å²) in [4.78, 5) is 21.6. The highest BCUT2D eigenvalue weighted by Gasteiger charge is 2.00. The Kier molecular flexibility index (Phi) is 28.7. The first kappa shape index (κ1) is 29.3. The van der Waals surface area contributed by atoms with Crippen molar-refractivity contribution in [2.75, 3.05) is 26.5 Å². The zero-order chi connectivity index (χ0) is 19.3. The van der Waals surface area contributed by atoms with Gasteiger partial charge in [-0.2, -0.15) is 0 Å². The van der Waals surface area contributed by atoms with Crippen LogP contribution in [0.15, 0.2) is 0 Å². The molecule has 0 atom stereocenters. The molecule has 24 heavy (non-hydrogen) atoms. The lowest BCUT2D eigenvalue weighted by atomic mass is 10.1. The van der Waals surface area contributed by atoms with Gasteiger partial charge in [0.2, 0.25) is 0 Å². The van der Waals surface area contributed by atoms with Gasteiger partial charge in [0.15, 0.2) is 0 Å². The Morgan fingerprint density at radius 3 is 1.21 bits per heavy atom. The van der Waals surface area contributed by atoms with E-state index in [0.29, 0.717) is 7.92 Å². The van der Waals surface area contributed by atoms with E-state index >= 15 is 0 Å². The van der Waals surface area contributed by atoms with Crippen LogP contribution in [-0.4, -0.2) is 41.2 Å². The largest absolute Gasteiger partial charge is 0.466 e. The van der Waals surface area contributed by atoms with Gasteiger partial charge in [-0.15, -0.1) is 7.92 Å². The molecule has 0 aliphatic carbocycles. The number of unbranched alkanes of at least 4 members (excludes halogenated alkanes) is 11. The van der Waals surface area contributed by atoms with Crippen molar-refractivity contribution in [2.45, 2.75) is 84.0 Å². The van der Waals surface area contributed by atoms with Gasteiger partial charge in [-0.1, -0.05) is 77.6 Å². The SMILES string of the molecule is CCCCCCCCCCCCCCP(C)C.CN.O=P(O)(O)O. The predicted octanol–water partition coefficient (Wildman–Crippen LogP) is 5.08. The van der Waals surface area contributed by atoms with Crippen LogP contribution in [0.25, 0.3) is 0 Å². The molecule has 0 aliphatic heterocycles. The van der Waals surface area contributed by atoms with Crippen molar-refractivity contribution < 1.29 is 19.2 Å². The molecule has 0 spiro atoms. The Labute approximate surface area is 151 Å². The molecule has 0 saturated heterocycles. The van der Waals surface area contributed by atoms with Gasteiger partial charge in [0.05, 0.1) is 0 Å².